The molecule has 1 aromatic heterocycles. The number of pyridine rings is 1. The van der Waals surface area contributed by atoms with Gasteiger partial charge in [0, 0.05) is 11.5 Å². The number of nitrogens with zero attached hydrogens (tertiary/aromatic N) is 1. The Morgan fingerprint density at radius 3 is 2.44 bits per heavy atom. The summed E-state index contributed by atoms with van der Waals surface area (Å²) in [5, 5.41) is -0.749. The van der Waals surface area contributed by atoms with Crippen molar-refractivity contribution in [2.45, 2.75) is 12.4 Å². The number of fused-ring (bicyclic) bond motifs is 2. The van der Waals surface area contributed by atoms with Gasteiger partial charge in [-0.1, -0.05) is 0 Å². The minimum atomic E-state index is -5.20. The number of benzene rings is 1. The van der Waals surface area contributed by atoms with E-state index in [4.69, 9.17) is 4.74 Å². The van der Waals surface area contributed by atoms with Crippen LogP contribution >= 0.6 is 0 Å². The first-order chi connectivity index (χ1) is 11.5. The number of aromatic amines is 1. The molecule has 0 amide bonds. The molecule has 3 rings (SSSR count). The third kappa shape index (κ3) is 3.22. The first-order valence-corrected chi connectivity index (χ1v) is 6.88. The monoisotopic (exact) mass is 370 g/mol. The lowest BCUT2D eigenvalue weighted by Crippen LogP contribution is -2.39. The lowest BCUT2D eigenvalue weighted by molar-refractivity contribution is -0.138. The number of alkyl halides is 6. The molecule has 2 heterocycles. The number of ether oxygens (including phenoxy) is 1. The minimum absolute atomic E-state index is 0.119. The van der Waals surface area contributed by atoms with E-state index >= 15 is 0 Å². The van der Waals surface area contributed by atoms with Crippen molar-refractivity contribution in [3.63, 3.8) is 0 Å². The standard InChI is InChI=1S/C14H9F7N2O2/c15-11-10(14(19,20)21)6-3-8-9(4-7(6)22-12(11)24)25-2-1-23(8)5-13(16,17)18/h3-4H,1-2,5H2,(H,22,24). The van der Waals surface area contributed by atoms with Gasteiger partial charge in [-0.15, -0.1) is 0 Å². The first kappa shape index (κ1) is 17.4. The van der Waals surface area contributed by atoms with Gasteiger partial charge in [0.05, 0.1) is 17.7 Å². The molecule has 0 unspecified atom stereocenters. The van der Waals surface area contributed by atoms with Crippen molar-refractivity contribution in [3.05, 3.63) is 33.9 Å². The molecule has 11 heteroatoms. The van der Waals surface area contributed by atoms with Crippen LogP contribution in [-0.2, 0) is 6.18 Å². The predicted octanol–water partition coefficient (Wildman–Crippen LogP) is 3.45. The van der Waals surface area contributed by atoms with Gasteiger partial charge in [-0.2, -0.15) is 26.3 Å². The average molecular weight is 370 g/mol. The molecule has 136 valence electrons. The summed E-state index contributed by atoms with van der Waals surface area (Å²) in [4.78, 5) is 14.1. The molecule has 1 N–H and O–H groups in total. The van der Waals surface area contributed by atoms with Gasteiger partial charge in [0.1, 0.15) is 24.5 Å². The Bertz CT molecular complexity index is 886. The number of nitrogens with one attached hydrogen (secondary N) is 1. The summed E-state index contributed by atoms with van der Waals surface area (Å²) in [5.41, 5.74) is -4.05. The Balaban J connectivity index is 2.27. The van der Waals surface area contributed by atoms with Crippen molar-refractivity contribution in [1.82, 2.24) is 4.98 Å². The van der Waals surface area contributed by atoms with E-state index in [1.165, 1.54) is 0 Å². The number of H-pyrrole nitrogens is 1. The number of hydrogen-bond donors (Lipinski definition) is 1. The molecule has 1 aliphatic rings. The predicted molar refractivity (Wildman–Crippen MR) is 73.3 cm³/mol. The van der Waals surface area contributed by atoms with Crippen LogP contribution in [0.15, 0.2) is 16.9 Å². The van der Waals surface area contributed by atoms with Gasteiger partial charge in [0.15, 0.2) is 0 Å². The van der Waals surface area contributed by atoms with Crippen molar-refractivity contribution in [3.8, 4) is 5.75 Å². The third-order valence-electron chi connectivity index (χ3n) is 3.65. The Labute approximate surface area is 134 Å². The molecular formula is C14H9F7N2O2. The van der Waals surface area contributed by atoms with Crippen LogP contribution < -0.4 is 15.2 Å². The van der Waals surface area contributed by atoms with Gasteiger partial charge >= 0.3 is 12.4 Å². The maximum atomic E-state index is 13.7. The highest BCUT2D eigenvalue weighted by molar-refractivity contribution is 5.89. The summed E-state index contributed by atoms with van der Waals surface area (Å²) in [7, 11) is 0. The summed E-state index contributed by atoms with van der Waals surface area (Å²) in [5.74, 6) is -2.17. The second kappa shape index (κ2) is 5.53. The smallest absolute Gasteiger partial charge is 0.420 e. The quantitative estimate of drug-likeness (QED) is 0.783. The zero-order valence-corrected chi connectivity index (χ0v) is 12.2. The fourth-order valence-electron chi connectivity index (χ4n) is 2.69. The molecule has 0 atom stereocenters. The van der Waals surface area contributed by atoms with Crippen molar-refractivity contribution in [2.75, 3.05) is 24.6 Å². The normalized spacial score (nSPS) is 15.2. The number of rotatable bonds is 1. The van der Waals surface area contributed by atoms with Gasteiger partial charge in [-0.3, -0.25) is 4.79 Å². The highest BCUT2D eigenvalue weighted by Crippen LogP contribution is 2.41. The summed E-state index contributed by atoms with van der Waals surface area (Å²) >= 11 is 0. The fourth-order valence-corrected chi connectivity index (χ4v) is 2.69. The topological polar surface area (TPSA) is 45.3 Å². The SMILES string of the molecule is O=c1[nH]c2cc3c(cc2c(C(F)(F)F)c1F)N(CC(F)(F)F)CCO3. The Morgan fingerprint density at radius 1 is 1.16 bits per heavy atom. The van der Waals surface area contributed by atoms with E-state index in [0.717, 1.165) is 17.0 Å². The van der Waals surface area contributed by atoms with Crippen molar-refractivity contribution < 1.29 is 35.5 Å². The van der Waals surface area contributed by atoms with Crippen LogP contribution in [0.25, 0.3) is 10.9 Å². The molecular weight excluding hydrogens is 361 g/mol. The molecule has 1 aliphatic heterocycles. The maximum absolute atomic E-state index is 13.7. The van der Waals surface area contributed by atoms with Crippen molar-refractivity contribution in [2.24, 2.45) is 0 Å². The van der Waals surface area contributed by atoms with Crippen LogP contribution in [-0.4, -0.2) is 30.9 Å². The second-order valence-electron chi connectivity index (χ2n) is 5.39. The van der Waals surface area contributed by atoms with Gasteiger partial charge < -0.3 is 14.6 Å². The molecule has 2 aromatic rings. The molecule has 0 aliphatic carbocycles. The summed E-state index contributed by atoms with van der Waals surface area (Å²) in [6.07, 6.45) is -9.79. The van der Waals surface area contributed by atoms with Crippen LogP contribution in [0.1, 0.15) is 5.56 Å². The van der Waals surface area contributed by atoms with Gasteiger partial charge in [-0.05, 0) is 6.07 Å². The zero-order valence-electron chi connectivity index (χ0n) is 12.2. The van der Waals surface area contributed by atoms with Gasteiger partial charge in [-0.25, -0.2) is 4.39 Å². The third-order valence-corrected chi connectivity index (χ3v) is 3.65. The highest BCUT2D eigenvalue weighted by Gasteiger charge is 2.39. The Hall–Kier alpha value is -2.46. The van der Waals surface area contributed by atoms with E-state index in [-0.39, 0.29) is 30.1 Å². The second-order valence-corrected chi connectivity index (χ2v) is 5.39. The number of hydrogen-bond acceptors (Lipinski definition) is 3. The lowest BCUT2D eigenvalue weighted by Gasteiger charge is -2.32. The van der Waals surface area contributed by atoms with Crippen LogP contribution in [0.2, 0.25) is 0 Å². The van der Waals surface area contributed by atoms with E-state index in [0.29, 0.717) is 0 Å². The number of anilines is 1. The zero-order chi connectivity index (χ0) is 18.6. The van der Waals surface area contributed by atoms with Crippen LogP contribution in [0.5, 0.6) is 5.75 Å². The van der Waals surface area contributed by atoms with Crippen LogP contribution in [0.3, 0.4) is 0 Å². The van der Waals surface area contributed by atoms with Gasteiger partial charge in [0.2, 0.25) is 5.82 Å². The molecule has 4 nitrogen and oxygen atoms in total. The summed E-state index contributed by atoms with van der Waals surface area (Å²) < 4.78 is 96.3. The highest BCUT2D eigenvalue weighted by atomic mass is 19.4. The van der Waals surface area contributed by atoms with Gasteiger partial charge in [0.25, 0.3) is 5.56 Å². The minimum Gasteiger partial charge on any atom is -0.489 e. The lowest BCUT2D eigenvalue weighted by atomic mass is 10.1. The number of aromatic nitrogens is 1. The van der Waals surface area contributed by atoms with Crippen molar-refractivity contribution in [1.29, 1.82) is 0 Å². The fraction of sp³-hybridized carbons (Fsp3) is 0.357. The molecule has 25 heavy (non-hydrogen) atoms. The molecule has 0 saturated carbocycles. The molecule has 0 radical (unpaired) electrons. The van der Waals surface area contributed by atoms with E-state index in [9.17, 15) is 35.5 Å². The van der Waals surface area contributed by atoms with Crippen LogP contribution in [0, 0.1) is 5.82 Å². The Morgan fingerprint density at radius 2 is 1.84 bits per heavy atom. The first-order valence-electron chi connectivity index (χ1n) is 6.88. The van der Waals surface area contributed by atoms with Crippen molar-refractivity contribution >= 4 is 16.6 Å². The molecule has 0 bridgehead atoms. The maximum Gasteiger partial charge on any atom is 0.420 e. The summed E-state index contributed by atoms with van der Waals surface area (Å²) in [6, 6.07) is 1.71. The molecule has 0 saturated heterocycles. The number of halogens is 7. The molecule has 0 spiro atoms. The van der Waals surface area contributed by atoms with E-state index in [1.54, 1.807) is 0 Å². The van der Waals surface area contributed by atoms with E-state index < -0.39 is 41.2 Å². The Kier molecular flexibility index (Phi) is 3.84. The molecule has 1 aromatic carbocycles. The van der Waals surface area contributed by atoms with E-state index in [1.807, 2.05) is 4.98 Å². The van der Waals surface area contributed by atoms with Crippen LogP contribution in [0.4, 0.5) is 36.4 Å². The average Bonchev–Trinajstić information content (AvgIpc) is 2.44. The molecule has 0 fully saturated rings. The largest absolute Gasteiger partial charge is 0.489 e. The van der Waals surface area contributed by atoms with E-state index in [2.05, 4.69) is 0 Å². The summed E-state index contributed by atoms with van der Waals surface area (Å²) in [6.45, 7) is -1.72.